The molecule has 1 aromatic carbocycles. The maximum absolute atomic E-state index is 11.3. The standard InChI is InChI=1S/C10H10ClNO3S/c1-2-7-16(14,15)12-9-5-3-8(4-6-9)10(11)13/h2-6,12H,1,7H2. The van der Waals surface area contributed by atoms with Crippen LogP contribution in [0.3, 0.4) is 0 Å². The Kier molecular flexibility index (Phi) is 4.09. The first-order valence-corrected chi connectivity index (χ1v) is 6.39. The van der Waals surface area contributed by atoms with Crippen LogP contribution in [0.4, 0.5) is 5.69 Å². The molecule has 0 spiro atoms. The Hall–Kier alpha value is -1.33. The quantitative estimate of drug-likeness (QED) is 0.650. The third kappa shape index (κ3) is 3.67. The van der Waals surface area contributed by atoms with Gasteiger partial charge in [-0.05, 0) is 35.9 Å². The lowest BCUT2D eigenvalue weighted by Gasteiger charge is -2.05. The van der Waals surface area contributed by atoms with E-state index in [0.29, 0.717) is 11.3 Å². The van der Waals surface area contributed by atoms with E-state index in [2.05, 4.69) is 11.3 Å². The molecule has 0 aromatic heterocycles. The van der Waals surface area contributed by atoms with Crippen molar-refractivity contribution in [3.8, 4) is 0 Å². The highest BCUT2D eigenvalue weighted by atomic mass is 35.5. The molecule has 16 heavy (non-hydrogen) atoms. The van der Waals surface area contributed by atoms with Crippen molar-refractivity contribution in [1.82, 2.24) is 0 Å². The van der Waals surface area contributed by atoms with Gasteiger partial charge < -0.3 is 0 Å². The monoisotopic (exact) mass is 259 g/mol. The molecule has 0 radical (unpaired) electrons. The van der Waals surface area contributed by atoms with E-state index in [0.717, 1.165) is 0 Å². The number of halogens is 1. The summed E-state index contributed by atoms with van der Waals surface area (Å²) in [5, 5.41) is -0.583. The van der Waals surface area contributed by atoms with Gasteiger partial charge in [-0.1, -0.05) is 6.08 Å². The Balaban J connectivity index is 2.84. The lowest BCUT2D eigenvalue weighted by Crippen LogP contribution is -2.15. The van der Waals surface area contributed by atoms with Crippen LogP contribution < -0.4 is 4.72 Å². The third-order valence-electron chi connectivity index (χ3n) is 1.72. The number of rotatable bonds is 5. The normalized spacial score (nSPS) is 10.8. The molecule has 1 rings (SSSR count). The van der Waals surface area contributed by atoms with E-state index >= 15 is 0 Å². The fourth-order valence-corrected chi connectivity index (χ4v) is 2.06. The van der Waals surface area contributed by atoms with Crippen LogP contribution >= 0.6 is 11.6 Å². The van der Waals surface area contributed by atoms with E-state index in [4.69, 9.17) is 11.6 Å². The van der Waals surface area contributed by atoms with Gasteiger partial charge in [0.05, 0.1) is 5.75 Å². The average Bonchev–Trinajstić information content (AvgIpc) is 2.17. The van der Waals surface area contributed by atoms with E-state index < -0.39 is 15.3 Å². The predicted molar refractivity (Wildman–Crippen MR) is 64.2 cm³/mol. The highest BCUT2D eigenvalue weighted by Gasteiger charge is 2.08. The number of sulfonamides is 1. The Labute approximate surface area is 99.0 Å². The summed E-state index contributed by atoms with van der Waals surface area (Å²) in [5.74, 6) is -0.164. The van der Waals surface area contributed by atoms with Gasteiger partial charge in [0.2, 0.25) is 10.0 Å². The van der Waals surface area contributed by atoms with Gasteiger partial charge in [-0.3, -0.25) is 9.52 Å². The molecule has 0 aliphatic heterocycles. The first kappa shape index (κ1) is 12.7. The van der Waals surface area contributed by atoms with Gasteiger partial charge in [-0.15, -0.1) is 6.58 Å². The van der Waals surface area contributed by atoms with Crippen molar-refractivity contribution in [2.75, 3.05) is 10.5 Å². The molecule has 0 saturated carbocycles. The zero-order valence-electron chi connectivity index (χ0n) is 8.31. The summed E-state index contributed by atoms with van der Waals surface area (Å²) < 4.78 is 25.0. The minimum absolute atomic E-state index is 0.164. The van der Waals surface area contributed by atoms with Gasteiger partial charge in [0, 0.05) is 11.3 Å². The second-order valence-electron chi connectivity index (χ2n) is 3.02. The van der Waals surface area contributed by atoms with Crippen molar-refractivity contribution in [3.63, 3.8) is 0 Å². The maximum atomic E-state index is 11.3. The summed E-state index contributed by atoms with van der Waals surface area (Å²) in [5.41, 5.74) is 0.692. The third-order valence-corrected chi connectivity index (χ3v) is 3.16. The number of carbonyl (C=O) groups is 1. The molecule has 6 heteroatoms. The van der Waals surface area contributed by atoms with E-state index in [1.807, 2.05) is 0 Å². The molecule has 1 N–H and O–H groups in total. The minimum atomic E-state index is -3.40. The second kappa shape index (κ2) is 5.14. The molecule has 0 amide bonds. The van der Waals surface area contributed by atoms with Crippen LogP contribution in [0.5, 0.6) is 0 Å². The van der Waals surface area contributed by atoms with E-state index in [1.54, 1.807) is 0 Å². The van der Waals surface area contributed by atoms with Gasteiger partial charge in [0.15, 0.2) is 0 Å². The first-order chi connectivity index (χ1) is 7.44. The number of nitrogens with one attached hydrogen (secondary N) is 1. The molecule has 0 saturated heterocycles. The summed E-state index contributed by atoms with van der Waals surface area (Å²) >= 11 is 5.25. The summed E-state index contributed by atoms with van der Waals surface area (Å²) in [6.45, 7) is 3.34. The molecule has 0 heterocycles. The van der Waals surface area contributed by atoms with Gasteiger partial charge in [0.25, 0.3) is 5.24 Å². The van der Waals surface area contributed by atoms with Crippen LogP contribution in [-0.2, 0) is 10.0 Å². The molecule has 0 unspecified atom stereocenters. The largest absolute Gasteiger partial charge is 0.283 e. The summed E-state index contributed by atoms with van der Waals surface area (Å²) in [6, 6.07) is 5.83. The number of anilines is 1. The van der Waals surface area contributed by atoms with Crippen molar-refractivity contribution in [2.45, 2.75) is 0 Å². The molecule has 4 nitrogen and oxygen atoms in total. The van der Waals surface area contributed by atoms with Gasteiger partial charge in [0.1, 0.15) is 0 Å². The molecule has 0 bridgehead atoms. The molecule has 0 aliphatic carbocycles. The van der Waals surface area contributed by atoms with Crippen molar-refractivity contribution in [1.29, 1.82) is 0 Å². The fraction of sp³-hybridized carbons (Fsp3) is 0.100. The highest BCUT2D eigenvalue weighted by Crippen LogP contribution is 2.12. The average molecular weight is 260 g/mol. The Bertz CT molecular complexity index is 493. The lowest BCUT2D eigenvalue weighted by atomic mass is 10.2. The van der Waals surface area contributed by atoms with Crippen LogP contribution in [-0.4, -0.2) is 19.4 Å². The molecule has 86 valence electrons. The molecule has 0 fully saturated rings. The fourth-order valence-electron chi connectivity index (χ4n) is 1.05. The predicted octanol–water partition coefficient (Wildman–Crippen LogP) is 1.99. The first-order valence-electron chi connectivity index (χ1n) is 4.36. The zero-order chi connectivity index (χ0) is 12.2. The molecule has 0 aliphatic rings. The molecular formula is C10H10ClNO3S. The number of carbonyl (C=O) groups excluding carboxylic acids is 1. The van der Waals surface area contributed by atoms with Crippen LogP contribution in [0.15, 0.2) is 36.9 Å². The molecule has 1 aromatic rings. The maximum Gasteiger partial charge on any atom is 0.252 e. The molecular weight excluding hydrogens is 250 g/mol. The smallest absolute Gasteiger partial charge is 0.252 e. The number of benzene rings is 1. The van der Waals surface area contributed by atoms with Crippen LogP contribution in [0.1, 0.15) is 10.4 Å². The summed E-state index contributed by atoms with van der Waals surface area (Å²) in [7, 11) is -3.40. The van der Waals surface area contributed by atoms with Crippen molar-refractivity contribution >= 4 is 32.6 Å². The van der Waals surface area contributed by atoms with Crippen molar-refractivity contribution < 1.29 is 13.2 Å². The van der Waals surface area contributed by atoms with Crippen molar-refractivity contribution in [3.05, 3.63) is 42.5 Å². The van der Waals surface area contributed by atoms with Crippen LogP contribution in [0, 0.1) is 0 Å². The summed E-state index contributed by atoms with van der Waals surface area (Å²) in [6.07, 6.45) is 1.29. The topological polar surface area (TPSA) is 63.2 Å². The van der Waals surface area contributed by atoms with E-state index in [9.17, 15) is 13.2 Å². The molecule has 0 atom stereocenters. The summed E-state index contributed by atoms with van der Waals surface area (Å²) in [4.78, 5) is 10.8. The van der Waals surface area contributed by atoms with Crippen LogP contribution in [0.2, 0.25) is 0 Å². The Morgan fingerprint density at radius 2 is 1.94 bits per heavy atom. The van der Waals surface area contributed by atoms with Gasteiger partial charge >= 0.3 is 0 Å². The Morgan fingerprint density at radius 1 is 1.38 bits per heavy atom. The lowest BCUT2D eigenvalue weighted by molar-refractivity contribution is 0.108. The van der Waals surface area contributed by atoms with E-state index in [1.165, 1.54) is 30.3 Å². The number of hydrogen-bond acceptors (Lipinski definition) is 3. The van der Waals surface area contributed by atoms with Gasteiger partial charge in [-0.2, -0.15) is 0 Å². The van der Waals surface area contributed by atoms with Gasteiger partial charge in [-0.25, -0.2) is 8.42 Å². The van der Waals surface area contributed by atoms with E-state index in [-0.39, 0.29) is 5.75 Å². The Morgan fingerprint density at radius 3 is 2.38 bits per heavy atom. The minimum Gasteiger partial charge on any atom is -0.283 e. The van der Waals surface area contributed by atoms with Crippen LogP contribution in [0.25, 0.3) is 0 Å². The second-order valence-corrected chi connectivity index (χ2v) is 5.13. The van der Waals surface area contributed by atoms with Crippen molar-refractivity contribution in [2.24, 2.45) is 0 Å². The zero-order valence-corrected chi connectivity index (χ0v) is 9.88. The SMILES string of the molecule is C=CCS(=O)(=O)Nc1ccc(C(=O)Cl)cc1. The number of hydrogen-bond donors (Lipinski definition) is 1. The highest BCUT2D eigenvalue weighted by molar-refractivity contribution is 7.92.